The second-order valence-electron chi connectivity index (χ2n) is 11.5. The van der Waals surface area contributed by atoms with E-state index < -0.39 is 0 Å². The van der Waals surface area contributed by atoms with Crippen molar-refractivity contribution in [2.45, 2.75) is 45.2 Å². The van der Waals surface area contributed by atoms with Crippen molar-refractivity contribution in [3.8, 4) is 29.0 Å². The van der Waals surface area contributed by atoms with Crippen molar-refractivity contribution in [1.82, 2.24) is 19.8 Å². The molecule has 10 nitrogen and oxygen atoms in total. The number of anilines is 1. The Morgan fingerprint density at radius 2 is 2.05 bits per heavy atom. The quantitative estimate of drug-likeness (QED) is 0.303. The number of benzene rings is 2. The van der Waals surface area contributed by atoms with Crippen LogP contribution in [0.4, 0.5) is 5.82 Å². The number of fused-ring (bicyclic) bond motifs is 3. The Balaban J connectivity index is 1.51. The highest BCUT2D eigenvalue weighted by molar-refractivity contribution is 6.14. The lowest BCUT2D eigenvalue weighted by Gasteiger charge is -2.41. The molecule has 2 saturated heterocycles. The van der Waals surface area contributed by atoms with Gasteiger partial charge >= 0.3 is 6.01 Å². The van der Waals surface area contributed by atoms with Crippen LogP contribution in [0.5, 0.6) is 11.8 Å². The molecule has 4 heterocycles. The SMILES string of the molecule is C=CC(=O)N1CCN(c2nc(OC[C@@H]3CCCN3C)nc3cc(-c4cc(O)cc(C)c4C)c4ccoc4c23)C[C@@H]1CC#N. The summed E-state index contributed by atoms with van der Waals surface area (Å²) in [4.78, 5) is 28.5. The molecule has 1 N–H and O–H groups in total. The molecular weight excluding hydrogens is 544 g/mol. The number of carbonyl (C=O) groups is 1. The van der Waals surface area contributed by atoms with Crippen LogP contribution >= 0.6 is 0 Å². The van der Waals surface area contributed by atoms with Gasteiger partial charge in [0.2, 0.25) is 5.91 Å². The first-order valence-electron chi connectivity index (χ1n) is 14.7. The monoisotopic (exact) mass is 580 g/mol. The second-order valence-corrected chi connectivity index (χ2v) is 11.5. The highest BCUT2D eigenvalue weighted by Crippen LogP contribution is 2.42. The van der Waals surface area contributed by atoms with Crippen LogP contribution in [0.15, 0.2) is 47.6 Å². The van der Waals surface area contributed by atoms with Crippen molar-refractivity contribution in [3.63, 3.8) is 0 Å². The zero-order valence-electron chi connectivity index (χ0n) is 24.8. The molecule has 0 spiro atoms. The van der Waals surface area contributed by atoms with Crippen molar-refractivity contribution < 1.29 is 19.1 Å². The minimum Gasteiger partial charge on any atom is -0.508 e. The highest BCUT2D eigenvalue weighted by atomic mass is 16.5. The van der Waals surface area contributed by atoms with Gasteiger partial charge in [-0.3, -0.25) is 4.79 Å². The molecule has 1 amide bonds. The molecule has 2 aliphatic rings. The van der Waals surface area contributed by atoms with Gasteiger partial charge in [0.1, 0.15) is 23.8 Å². The molecule has 2 aliphatic heterocycles. The van der Waals surface area contributed by atoms with E-state index in [2.05, 4.69) is 29.5 Å². The average molecular weight is 581 g/mol. The number of carbonyl (C=O) groups excluding carboxylic acids is 1. The number of amides is 1. The predicted octanol–water partition coefficient (Wildman–Crippen LogP) is 4.96. The average Bonchev–Trinajstić information content (AvgIpc) is 3.66. The zero-order chi connectivity index (χ0) is 30.2. The van der Waals surface area contributed by atoms with Gasteiger partial charge in [-0.15, -0.1) is 0 Å². The molecule has 4 aromatic rings. The van der Waals surface area contributed by atoms with Gasteiger partial charge in [-0.05, 0) is 92.9 Å². The van der Waals surface area contributed by atoms with Gasteiger partial charge in [0.05, 0.1) is 35.7 Å². The van der Waals surface area contributed by atoms with E-state index in [0.29, 0.717) is 43.2 Å². The molecule has 43 heavy (non-hydrogen) atoms. The summed E-state index contributed by atoms with van der Waals surface area (Å²) in [6, 6.07) is 9.93. The van der Waals surface area contributed by atoms with Crippen molar-refractivity contribution in [1.29, 1.82) is 5.26 Å². The summed E-state index contributed by atoms with van der Waals surface area (Å²) in [7, 11) is 2.10. The number of rotatable bonds is 7. The van der Waals surface area contributed by atoms with E-state index in [1.807, 2.05) is 26.0 Å². The Kier molecular flexibility index (Phi) is 7.67. The van der Waals surface area contributed by atoms with Crippen molar-refractivity contribution >= 4 is 33.6 Å². The first kappa shape index (κ1) is 28.5. The van der Waals surface area contributed by atoms with Crippen LogP contribution in [0.3, 0.4) is 0 Å². The molecule has 0 bridgehead atoms. The van der Waals surface area contributed by atoms with Crippen LogP contribution in [0.2, 0.25) is 0 Å². The van der Waals surface area contributed by atoms with Gasteiger partial charge in [-0.25, -0.2) is 0 Å². The molecule has 2 aromatic carbocycles. The van der Waals surface area contributed by atoms with Crippen LogP contribution in [-0.4, -0.2) is 82.7 Å². The fourth-order valence-electron chi connectivity index (χ4n) is 6.43. The Hall–Kier alpha value is -4.62. The molecule has 0 unspecified atom stereocenters. The van der Waals surface area contributed by atoms with Crippen LogP contribution in [0, 0.1) is 25.2 Å². The number of aromatic hydroxyl groups is 1. The van der Waals surface area contributed by atoms with E-state index in [1.165, 1.54) is 6.08 Å². The molecule has 222 valence electrons. The first-order valence-corrected chi connectivity index (χ1v) is 14.7. The van der Waals surface area contributed by atoms with E-state index >= 15 is 0 Å². The minimum absolute atomic E-state index is 0.187. The number of aryl methyl sites for hydroxylation is 1. The van der Waals surface area contributed by atoms with Crippen LogP contribution in [0.1, 0.15) is 30.4 Å². The lowest BCUT2D eigenvalue weighted by Crippen LogP contribution is -2.55. The number of furan rings is 1. The summed E-state index contributed by atoms with van der Waals surface area (Å²) in [5.74, 6) is 0.647. The number of nitriles is 1. The van der Waals surface area contributed by atoms with E-state index in [1.54, 1.807) is 23.3 Å². The fourth-order valence-corrected chi connectivity index (χ4v) is 6.43. The number of ether oxygens (including phenoxy) is 1. The van der Waals surface area contributed by atoms with Gasteiger partial charge in [-0.2, -0.15) is 15.2 Å². The number of piperazine rings is 1. The molecule has 6 rings (SSSR count). The standard InChI is InChI=1S/C33H36N6O4/c1-5-29(41)39-13-12-38(18-22(39)8-10-34)32-30-28(35-33(36-32)43-19-23-7-6-11-37(23)4)17-27(25-9-14-42-31(25)30)26-16-24(40)15-20(2)21(26)3/h5,9,14-17,22-23,40H,1,6-8,11-13,18-19H2,2-4H3/t22-,23-/m0/s1. The van der Waals surface area contributed by atoms with Gasteiger partial charge in [0.25, 0.3) is 0 Å². The summed E-state index contributed by atoms with van der Waals surface area (Å²) in [5.41, 5.74) is 5.10. The van der Waals surface area contributed by atoms with Crippen molar-refractivity contribution in [3.05, 3.63) is 54.3 Å². The van der Waals surface area contributed by atoms with Crippen LogP contribution in [0.25, 0.3) is 33.0 Å². The maximum absolute atomic E-state index is 12.6. The van der Waals surface area contributed by atoms with E-state index in [-0.39, 0.29) is 36.2 Å². The van der Waals surface area contributed by atoms with E-state index in [9.17, 15) is 15.2 Å². The molecule has 0 saturated carbocycles. The Morgan fingerprint density at radius 1 is 1.21 bits per heavy atom. The van der Waals surface area contributed by atoms with Gasteiger partial charge in [0.15, 0.2) is 0 Å². The topological polar surface area (TPSA) is 119 Å². The molecule has 0 radical (unpaired) electrons. The maximum Gasteiger partial charge on any atom is 0.319 e. The number of likely N-dealkylation sites (N-methyl/N-ethyl adjacent to an activating group) is 1. The summed E-state index contributed by atoms with van der Waals surface area (Å²) in [5, 5.41) is 21.7. The number of likely N-dealkylation sites (tertiary alicyclic amines) is 1. The molecule has 2 atom stereocenters. The van der Waals surface area contributed by atoms with Gasteiger partial charge < -0.3 is 29.0 Å². The van der Waals surface area contributed by atoms with Crippen molar-refractivity contribution in [2.75, 3.05) is 44.7 Å². The van der Waals surface area contributed by atoms with Gasteiger partial charge in [0, 0.05) is 31.1 Å². The number of nitrogens with zero attached hydrogens (tertiary/aromatic N) is 6. The smallest absolute Gasteiger partial charge is 0.319 e. The number of aromatic nitrogens is 2. The number of phenolic OH excluding ortho intramolecular Hbond substituents is 1. The molecule has 2 fully saturated rings. The first-order chi connectivity index (χ1) is 20.8. The zero-order valence-corrected chi connectivity index (χ0v) is 24.8. The molecule has 0 aliphatic carbocycles. The van der Waals surface area contributed by atoms with Crippen LogP contribution < -0.4 is 9.64 Å². The molecule has 10 heteroatoms. The Morgan fingerprint density at radius 3 is 2.79 bits per heavy atom. The summed E-state index contributed by atoms with van der Waals surface area (Å²) in [6.07, 6.45) is 5.32. The summed E-state index contributed by atoms with van der Waals surface area (Å²) >= 11 is 0. The summed E-state index contributed by atoms with van der Waals surface area (Å²) < 4.78 is 12.4. The lowest BCUT2D eigenvalue weighted by atomic mass is 9.93. The number of hydrogen-bond donors (Lipinski definition) is 1. The minimum atomic E-state index is -0.324. The normalized spacial score (nSPS) is 19.2. The van der Waals surface area contributed by atoms with Crippen LogP contribution in [-0.2, 0) is 4.79 Å². The fraction of sp³-hybridized carbons (Fsp3) is 0.394. The highest BCUT2D eigenvalue weighted by Gasteiger charge is 2.32. The van der Waals surface area contributed by atoms with E-state index in [0.717, 1.165) is 52.4 Å². The Labute approximate surface area is 250 Å². The summed E-state index contributed by atoms with van der Waals surface area (Å²) in [6.45, 7) is 10.5. The third-order valence-electron chi connectivity index (χ3n) is 8.95. The Bertz CT molecular complexity index is 1760. The second kappa shape index (κ2) is 11.6. The third kappa shape index (κ3) is 5.25. The van der Waals surface area contributed by atoms with Crippen molar-refractivity contribution in [2.24, 2.45) is 0 Å². The molecular formula is C33H36N6O4. The largest absolute Gasteiger partial charge is 0.508 e. The van der Waals surface area contributed by atoms with Gasteiger partial charge in [-0.1, -0.05) is 6.58 Å². The van der Waals surface area contributed by atoms with E-state index in [4.69, 9.17) is 19.1 Å². The lowest BCUT2D eigenvalue weighted by molar-refractivity contribution is -0.128. The third-order valence-corrected chi connectivity index (χ3v) is 8.95. The molecule has 2 aromatic heterocycles. The number of phenols is 1. The number of hydrogen-bond acceptors (Lipinski definition) is 9. The predicted molar refractivity (Wildman–Crippen MR) is 165 cm³/mol. The maximum atomic E-state index is 12.6.